The zero-order valence-electron chi connectivity index (χ0n) is 12.9. The number of nitrogens with zero attached hydrogens (tertiary/aromatic N) is 1. The fourth-order valence-electron chi connectivity index (χ4n) is 3.03. The van der Waals surface area contributed by atoms with E-state index in [0.717, 1.165) is 36.8 Å². The van der Waals surface area contributed by atoms with Crippen LogP contribution in [0.4, 0.5) is 5.69 Å². The van der Waals surface area contributed by atoms with Gasteiger partial charge in [-0.1, -0.05) is 6.42 Å². The summed E-state index contributed by atoms with van der Waals surface area (Å²) >= 11 is 0. The molecule has 1 aliphatic rings. The van der Waals surface area contributed by atoms with Crippen molar-refractivity contribution in [1.29, 1.82) is 0 Å². The summed E-state index contributed by atoms with van der Waals surface area (Å²) in [6.07, 6.45) is 3.10. The fraction of sp³-hybridized carbons (Fsp3) is 0.412. The van der Waals surface area contributed by atoms with Crippen LogP contribution in [-0.4, -0.2) is 30.4 Å². The van der Waals surface area contributed by atoms with Gasteiger partial charge in [0.05, 0.1) is 6.04 Å². The number of amides is 1. The highest BCUT2D eigenvalue weighted by molar-refractivity contribution is 5.96. The predicted octanol–water partition coefficient (Wildman–Crippen LogP) is 2.52. The van der Waals surface area contributed by atoms with Crippen LogP contribution in [0.3, 0.4) is 0 Å². The molecule has 1 aromatic heterocycles. The van der Waals surface area contributed by atoms with E-state index >= 15 is 0 Å². The molecule has 22 heavy (non-hydrogen) atoms. The highest BCUT2D eigenvalue weighted by Gasteiger charge is 2.25. The SMILES string of the molecule is Cc1cc(=O)oc2cc(NC(=O)C3CCCCN3C)ccc12. The number of benzene rings is 1. The second-order valence-electron chi connectivity index (χ2n) is 5.94. The lowest BCUT2D eigenvalue weighted by atomic mass is 10.0. The zero-order valence-corrected chi connectivity index (χ0v) is 12.9. The van der Waals surface area contributed by atoms with Crippen molar-refractivity contribution in [2.45, 2.75) is 32.2 Å². The van der Waals surface area contributed by atoms with Crippen LogP contribution >= 0.6 is 0 Å². The molecule has 3 rings (SSSR count). The van der Waals surface area contributed by atoms with Gasteiger partial charge in [0.25, 0.3) is 0 Å². The van der Waals surface area contributed by atoms with Gasteiger partial charge in [0.1, 0.15) is 5.58 Å². The Kier molecular flexibility index (Phi) is 3.98. The summed E-state index contributed by atoms with van der Waals surface area (Å²) in [5.74, 6) is -0.00319. The molecule has 0 aliphatic carbocycles. The van der Waals surface area contributed by atoms with E-state index in [1.165, 1.54) is 6.07 Å². The van der Waals surface area contributed by atoms with E-state index in [9.17, 15) is 9.59 Å². The number of hydrogen-bond donors (Lipinski definition) is 1. The largest absolute Gasteiger partial charge is 0.423 e. The molecule has 1 saturated heterocycles. The number of likely N-dealkylation sites (N-methyl/N-ethyl adjacent to an activating group) is 1. The molecular weight excluding hydrogens is 280 g/mol. The molecule has 5 heteroatoms. The highest BCUT2D eigenvalue weighted by Crippen LogP contribution is 2.22. The van der Waals surface area contributed by atoms with Gasteiger partial charge in [-0.05, 0) is 51.1 Å². The Labute approximate surface area is 128 Å². The average Bonchev–Trinajstić information content (AvgIpc) is 2.47. The zero-order chi connectivity index (χ0) is 15.7. The number of fused-ring (bicyclic) bond motifs is 1. The van der Waals surface area contributed by atoms with E-state index in [0.29, 0.717) is 11.3 Å². The predicted molar refractivity (Wildman–Crippen MR) is 86.1 cm³/mol. The lowest BCUT2D eigenvalue weighted by Crippen LogP contribution is -2.44. The number of aryl methyl sites for hydroxylation is 1. The second-order valence-corrected chi connectivity index (χ2v) is 5.94. The minimum Gasteiger partial charge on any atom is -0.423 e. The van der Waals surface area contributed by atoms with Crippen molar-refractivity contribution in [3.63, 3.8) is 0 Å². The summed E-state index contributed by atoms with van der Waals surface area (Å²) in [6, 6.07) is 6.81. The first kappa shape index (κ1) is 14.8. The number of hydrogen-bond acceptors (Lipinski definition) is 4. The van der Waals surface area contributed by atoms with E-state index in [1.54, 1.807) is 6.07 Å². The van der Waals surface area contributed by atoms with Crippen LogP contribution in [0, 0.1) is 6.92 Å². The van der Waals surface area contributed by atoms with Gasteiger partial charge in [-0.15, -0.1) is 0 Å². The van der Waals surface area contributed by atoms with Crippen molar-refractivity contribution in [1.82, 2.24) is 4.90 Å². The fourth-order valence-corrected chi connectivity index (χ4v) is 3.03. The van der Waals surface area contributed by atoms with Crippen molar-refractivity contribution in [2.75, 3.05) is 18.9 Å². The summed E-state index contributed by atoms with van der Waals surface area (Å²) in [5.41, 5.74) is 1.65. The maximum Gasteiger partial charge on any atom is 0.336 e. The lowest BCUT2D eigenvalue weighted by molar-refractivity contribution is -0.121. The average molecular weight is 300 g/mol. The van der Waals surface area contributed by atoms with Gasteiger partial charge in [0.2, 0.25) is 5.91 Å². The summed E-state index contributed by atoms with van der Waals surface area (Å²) in [4.78, 5) is 26.0. The Hall–Kier alpha value is -2.14. The van der Waals surface area contributed by atoms with E-state index in [4.69, 9.17) is 4.42 Å². The Bertz CT molecular complexity index is 766. The third kappa shape index (κ3) is 2.90. The molecule has 2 heterocycles. The van der Waals surface area contributed by atoms with E-state index < -0.39 is 0 Å². The third-order valence-electron chi connectivity index (χ3n) is 4.29. The van der Waals surface area contributed by atoms with Crippen LogP contribution < -0.4 is 10.9 Å². The smallest absolute Gasteiger partial charge is 0.336 e. The first-order chi connectivity index (χ1) is 10.5. The first-order valence-corrected chi connectivity index (χ1v) is 7.60. The molecule has 1 amide bonds. The number of nitrogens with one attached hydrogen (secondary N) is 1. The molecule has 5 nitrogen and oxygen atoms in total. The van der Waals surface area contributed by atoms with Crippen molar-refractivity contribution in [2.24, 2.45) is 0 Å². The normalized spacial score (nSPS) is 19.3. The molecule has 1 atom stereocenters. The van der Waals surface area contributed by atoms with E-state index in [1.807, 2.05) is 26.1 Å². The number of carbonyl (C=O) groups is 1. The molecule has 1 aromatic carbocycles. The van der Waals surface area contributed by atoms with E-state index in [2.05, 4.69) is 10.2 Å². The molecule has 0 bridgehead atoms. The van der Waals surface area contributed by atoms with Crippen LogP contribution in [0.1, 0.15) is 24.8 Å². The molecule has 1 N–H and O–H groups in total. The minimum atomic E-state index is -0.375. The highest BCUT2D eigenvalue weighted by atomic mass is 16.4. The van der Waals surface area contributed by atoms with Gasteiger partial charge in [-0.25, -0.2) is 4.79 Å². The van der Waals surface area contributed by atoms with Crippen molar-refractivity contribution < 1.29 is 9.21 Å². The summed E-state index contributed by atoms with van der Waals surface area (Å²) in [7, 11) is 1.98. The minimum absolute atomic E-state index is 0.00319. The Morgan fingerprint density at radius 1 is 1.32 bits per heavy atom. The number of piperidine rings is 1. The van der Waals surface area contributed by atoms with Crippen LogP contribution in [0.5, 0.6) is 0 Å². The van der Waals surface area contributed by atoms with Crippen LogP contribution in [0.25, 0.3) is 11.0 Å². The summed E-state index contributed by atoms with van der Waals surface area (Å²) in [6.45, 7) is 2.82. The first-order valence-electron chi connectivity index (χ1n) is 7.60. The Balaban J connectivity index is 1.84. The number of likely N-dealkylation sites (tertiary alicyclic amines) is 1. The summed E-state index contributed by atoms with van der Waals surface area (Å²) < 4.78 is 5.21. The number of anilines is 1. The molecule has 1 unspecified atom stereocenters. The monoisotopic (exact) mass is 300 g/mol. The van der Waals surface area contributed by atoms with Crippen molar-refractivity contribution >= 4 is 22.6 Å². The molecule has 2 aromatic rings. The van der Waals surface area contributed by atoms with Crippen LogP contribution in [0.2, 0.25) is 0 Å². The van der Waals surface area contributed by atoms with Gasteiger partial charge >= 0.3 is 5.63 Å². The standard InChI is InChI=1S/C17H20N2O3/c1-11-9-16(20)22-15-10-12(6-7-13(11)15)18-17(21)14-5-3-4-8-19(14)2/h6-7,9-10,14H,3-5,8H2,1-2H3,(H,18,21). The molecular formula is C17H20N2O3. The molecule has 1 aliphatic heterocycles. The van der Waals surface area contributed by atoms with Crippen molar-refractivity contribution in [3.8, 4) is 0 Å². The van der Waals surface area contributed by atoms with Gasteiger partial charge < -0.3 is 9.73 Å². The Morgan fingerprint density at radius 2 is 2.14 bits per heavy atom. The number of carbonyl (C=O) groups excluding carboxylic acids is 1. The maximum absolute atomic E-state index is 12.4. The maximum atomic E-state index is 12.4. The van der Waals surface area contributed by atoms with Gasteiger partial charge in [0.15, 0.2) is 0 Å². The third-order valence-corrected chi connectivity index (χ3v) is 4.29. The second kappa shape index (κ2) is 5.93. The van der Waals surface area contributed by atoms with Gasteiger partial charge in [-0.2, -0.15) is 0 Å². The van der Waals surface area contributed by atoms with Gasteiger partial charge in [-0.3, -0.25) is 9.69 Å². The Morgan fingerprint density at radius 3 is 2.91 bits per heavy atom. The lowest BCUT2D eigenvalue weighted by Gasteiger charge is -2.31. The molecule has 0 radical (unpaired) electrons. The molecule has 116 valence electrons. The molecule has 0 saturated carbocycles. The topological polar surface area (TPSA) is 62.6 Å². The molecule has 1 fully saturated rings. The van der Waals surface area contributed by atoms with Crippen molar-refractivity contribution in [3.05, 3.63) is 40.2 Å². The quantitative estimate of drug-likeness (QED) is 0.866. The van der Waals surface area contributed by atoms with Crippen LogP contribution in [-0.2, 0) is 4.79 Å². The molecule has 0 spiro atoms. The number of rotatable bonds is 2. The van der Waals surface area contributed by atoms with E-state index in [-0.39, 0.29) is 17.6 Å². The van der Waals surface area contributed by atoms with Crippen LogP contribution in [0.15, 0.2) is 33.5 Å². The summed E-state index contributed by atoms with van der Waals surface area (Å²) in [5, 5.41) is 3.81. The van der Waals surface area contributed by atoms with Gasteiger partial charge in [0, 0.05) is 23.2 Å².